The third kappa shape index (κ3) is 3.24. The average Bonchev–Trinajstić information content (AvgIpc) is 2.75. The maximum Gasteiger partial charge on any atom is 0.209 e. The molecule has 1 unspecified atom stereocenters. The number of halogens is 1. The molecular formula is C12H19BrN2O3S2. The molecule has 2 N–H and O–H groups in total. The molecule has 0 saturated heterocycles. The fraction of sp³-hybridized carbons (Fsp3) is 0.750. The molecule has 0 radical (unpaired) electrons. The van der Waals surface area contributed by atoms with Crippen molar-refractivity contribution in [3.63, 3.8) is 0 Å². The van der Waals surface area contributed by atoms with Gasteiger partial charge in [-0.25, -0.2) is 18.1 Å². The predicted molar refractivity (Wildman–Crippen MR) is 83.2 cm³/mol. The third-order valence-electron chi connectivity index (χ3n) is 3.91. The van der Waals surface area contributed by atoms with Crippen LogP contribution in [0.25, 0.3) is 0 Å². The van der Waals surface area contributed by atoms with Gasteiger partial charge in [-0.2, -0.15) is 0 Å². The first-order valence-corrected chi connectivity index (χ1v) is 10.00. The monoisotopic (exact) mass is 382 g/mol. The SMILES string of the molecule is CC(O)(c1ncc(Br)s1)C1(NS(C)(=O)=O)CCCCC1. The number of thiazole rings is 1. The van der Waals surface area contributed by atoms with Gasteiger partial charge in [0.05, 0.1) is 21.8 Å². The van der Waals surface area contributed by atoms with Crippen LogP contribution in [0.4, 0.5) is 0 Å². The first kappa shape index (κ1) is 16.4. The van der Waals surface area contributed by atoms with Crippen LogP contribution in [-0.2, 0) is 15.6 Å². The fourth-order valence-corrected chi connectivity index (χ4v) is 5.35. The minimum atomic E-state index is -3.41. The van der Waals surface area contributed by atoms with Crippen LogP contribution in [0.3, 0.4) is 0 Å². The number of hydrogen-bond donors (Lipinski definition) is 2. The summed E-state index contributed by atoms with van der Waals surface area (Å²) in [5.41, 5.74) is -2.21. The van der Waals surface area contributed by atoms with E-state index in [1.165, 1.54) is 11.3 Å². The Morgan fingerprint density at radius 2 is 2.05 bits per heavy atom. The van der Waals surface area contributed by atoms with Crippen molar-refractivity contribution in [3.05, 3.63) is 15.0 Å². The molecule has 0 bridgehead atoms. The molecule has 0 spiro atoms. The van der Waals surface area contributed by atoms with Crippen molar-refractivity contribution in [2.75, 3.05) is 6.26 Å². The van der Waals surface area contributed by atoms with Crippen LogP contribution in [0.5, 0.6) is 0 Å². The minimum Gasteiger partial charge on any atom is -0.381 e. The lowest BCUT2D eigenvalue weighted by Gasteiger charge is -2.46. The first-order chi connectivity index (χ1) is 9.16. The maximum atomic E-state index is 11.7. The maximum absolute atomic E-state index is 11.7. The molecule has 1 fully saturated rings. The molecule has 0 aromatic carbocycles. The number of sulfonamides is 1. The van der Waals surface area contributed by atoms with E-state index in [-0.39, 0.29) is 0 Å². The van der Waals surface area contributed by atoms with Crippen LogP contribution in [0.1, 0.15) is 44.0 Å². The highest BCUT2D eigenvalue weighted by molar-refractivity contribution is 9.11. The zero-order chi connectivity index (χ0) is 15.0. The van der Waals surface area contributed by atoms with Gasteiger partial charge in [-0.1, -0.05) is 19.3 Å². The van der Waals surface area contributed by atoms with Gasteiger partial charge in [0.2, 0.25) is 10.0 Å². The molecule has 8 heteroatoms. The topological polar surface area (TPSA) is 79.3 Å². The summed E-state index contributed by atoms with van der Waals surface area (Å²) in [6, 6.07) is 0. The predicted octanol–water partition coefficient (Wildman–Crippen LogP) is 2.37. The van der Waals surface area contributed by atoms with E-state index in [1.807, 2.05) is 0 Å². The van der Waals surface area contributed by atoms with Gasteiger partial charge < -0.3 is 5.11 Å². The van der Waals surface area contributed by atoms with E-state index in [0.29, 0.717) is 17.8 Å². The molecular weight excluding hydrogens is 364 g/mol. The molecule has 1 aliphatic rings. The van der Waals surface area contributed by atoms with E-state index < -0.39 is 21.2 Å². The number of nitrogens with zero attached hydrogens (tertiary/aromatic N) is 1. The Morgan fingerprint density at radius 3 is 2.50 bits per heavy atom. The quantitative estimate of drug-likeness (QED) is 0.837. The van der Waals surface area contributed by atoms with Crippen LogP contribution in [0.15, 0.2) is 9.98 Å². The zero-order valence-electron chi connectivity index (χ0n) is 11.5. The van der Waals surface area contributed by atoms with Crippen molar-refractivity contribution >= 4 is 37.3 Å². The van der Waals surface area contributed by atoms with E-state index in [4.69, 9.17) is 0 Å². The molecule has 2 rings (SSSR count). The Labute approximate surface area is 132 Å². The molecule has 0 aliphatic heterocycles. The molecule has 1 atom stereocenters. The van der Waals surface area contributed by atoms with Gasteiger partial charge in [-0.3, -0.25) is 0 Å². The summed E-state index contributed by atoms with van der Waals surface area (Å²) in [6.45, 7) is 1.65. The second-order valence-corrected chi connectivity index (χ2v) is 9.72. The summed E-state index contributed by atoms with van der Waals surface area (Å²) in [5.74, 6) is 0. The Hall–Kier alpha value is -0.0200. The molecule has 114 valence electrons. The first-order valence-electron chi connectivity index (χ1n) is 6.49. The lowest BCUT2D eigenvalue weighted by molar-refractivity contribution is -0.0504. The van der Waals surface area contributed by atoms with Crippen LogP contribution >= 0.6 is 27.3 Å². The Kier molecular flexibility index (Phi) is 4.61. The second-order valence-electron chi connectivity index (χ2n) is 5.56. The van der Waals surface area contributed by atoms with E-state index in [9.17, 15) is 13.5 Å². The number of aromatic nitrogens is 1. The molecule has 0 amide bonds. The van der Waals surface area contributed by atoms with Gasteiger partial charge in [0.15, 0.2) is 0 Å². The van der Waals surface area contributed by atoms with Crippen molar-refractivity contribution in [2.24, 2.45) is 0 Å². The van der Waals surface area contributed by atoms with Crippen molar-refractivity contribution in [2.45, 2.75) is 50.2 Å². The van der Waals surface area contributed by atoms with Crippen molar-refractivity contribution in [1.29, 1.82) is 0 Å². The normalized spacial score (nSPS) is 22.4. The molecule has 1 saturated carbocycles. The number of rotatable bonds is 4. The Bertz CT molecular complexity index is 577. The zero-order valence-corrected chi connectivity index (χ0v) is 14.7. The lowest BCUT2D eigenvalue weighted by Crippen LogP contribution is -2.61. The van der Waals surface area contributed by atoms with Gasteiger partial charge >= 0.3 is 0 Å². The van der Waals surface area contributed by atoms with E-state index in [1.54, 1.807) is 13.1 Å². The third-order valence-corrected chi connectivity index (χ3v) is 6.36. The highest BCUT2D eigenvalue weighted by atomic mass is 79.9. The van der Waals surface area contributed by atoms with Crippen LogP contribution < -0.4 is 4.72 Å². The number of hydrogen-bond acceptors (Lipinski definition) is 5. The molecule has 1 aromatic heterocycles. The van der Waals surface area contributed by atoms with Gasteiger partial charge in [0.25, 0.3) is 0 Å². The molecule has 1 heterocycles. The fourth-order valence-electron chi connectivity index (χ4n) is 2.88. The molecule has 5 nitrogen and oxygen atoms in total. The summed E-state index contributed by atoms with van der Waals surface area (Å²) in [4.78, 5) is 4.22. The smallest absolute Gasteiger partial charge is 0.209 e. The Balaban J connectivity index is 2.44. The van der Waals surface area contributed by atoms with Crippen molar-refractivity contribution in [3.8, 4) is 0 Å². The number of aliphatic hydroxyl groups is 1. The minimum absolute atomic E-state index is 0.530. The summed E-state index contributed by atoms with van der Waals surface area (Å²) in [5, 5.41) is 11.6. The standard InChI is InChI=1S/C12H19BrN2O3S2/c1-11(16,10-14-8-9(13)19-10)12(15-20(2,17)18)6-4-3-5-7-12/h8,15-16H,3-7H2,1-2H3. The van der Waals surface area contributed by atoms with Gasteiger partial charge in [-0.15, -0.1) is 11.3 Å². The van der Waals surface area contributed by atoms with Gasteiger partial charge in [0.1, 0.15) is 10.6 Å². The lowest BCUT2D eigenvalue weighted by atomic mass is 9.71. The van der Waals surface area contributed by atoms with Crippen molar-refractivity contribution < 1.29 is 13.5 Å². The van der Waals surface area contributed by atoms with E-state index in [2.05, 4.69) is 25.6 Å². The van der Waals surface area contributed by atoms with Gasteiger partial charge in [0, 0.05) is 0 Å². The molecule has 1 aromatic rings. The van der Waals surface area contributed by atoms with Crippen LogP contribution in [-0.4, -0.2) is 30.3 Å². The molecule has 1 aliphatic carbocycles. The van der Waals surface area contributed by atoms with Crippen molar-refractivity contribution in [1.82, 2.24) is 9.71 Å². The van der Waals surface area contributed by atoms with E-state index in [0.717, 1.165) is 29.3 Å². The largest absolute Gasteiger partial charge is 0.381 e. The van der Waals surface area contributed by atoms with Gasteiger partial charge in [-0.05, 0) is 35.7 Å². The summed E-state index contributed by atoms with van der Waals surface area (Å²) >= 11 is 4.67. The summed E-state index contributed by atoms with van der Waals surface area (Å²) in [7, 11) is -3.41. The number of nitrogens with one attached hydrogen (secondary N) is 1. The second kappa shape index (κ2) is 5.64. The summed E-state index contributed by atoms with van der Waals surface area (Å²) < 4.78 is 27.0. The highest BCUT2D eigenvalue weighted by Crippen LogP contribution is 2.44. The highest BCUT2D eigenvalue weighted by Gasteiger charge is 2.51. The Morgan fingerprint density at radius 1 is 1.45 bits per heavy atom. The van der Waals surface area contributed by atoms with Crippen LogP contribution in [0, 0.1) is 0 Å². The molecule has 20 heavy (non-hydrogen) atoms. The average molecular weight is 383 g/mol. The van der Waals surface area contributed by atoms with Crippen LogP contribution in [0.2, 0.25) is 0 Å². The van der Waals surface area contributed by atoms with E-state index >= 15 is 0 Å². The summed E-state index contributed by atoms with van der Waals surface area (Å²) in [6.07, 6.45) is 6.85.